The van der Waals surface area contributed by atoms with E-state index in [9.17, 15) is 9.59 Å². The van der Waals surface area contributed by atoms with Crippen molar-refractivity contribution in [1.82, 2.24) is 29.1 Å². The Balaban J connectivity index is 1.82. The van der Waals surface area contributed by atoms with Crippen LogP contribution in [-0.4, -0.2) is 29.1 Å². The summed E-state index contributed by atoms with van der Waals surface area (Å²) in [5, 5.41) is 9.00. The van der Waals surface area contributed by atoms with Crippen LogP contribution in [0.3, 0.4) is 0 Å². The van der Waals surface area contributed by atoms with Crippen molar-refractivity contribution < 1.29 is 0 Å². The van der Waals surface area contributed by atoms with E-state index < -0.39 is 0 Å². The molecule has 0 atom stereocenters. The summed E-state index contributed by atoms with van der Waals surface area (Å²) in [6.45, 7) is 0. The molecule has 0 unspecified atom stereocenters. The zero-order chi connectivity index (χ0) is 17.7. The Morgan fingerprint density at radius 1 is 0.923 bits per heavy atom. The molecule has 1 aliphatic rings. The van der Waals surface area contributed by atoms with Crippen molar-refractivity contribution in [3.63, 3.8) is 0 Å². The van der Waals surface area contributed by atoms with Gasteiger partial charge in [0.1, 0.15) is 12.7 Å². The minimum atomic E-state index is -0.265. The standard InChI is InChI=1S/C18H16N6O2/c25-17-14-9-19-15-6-8-24(22-10-20-21-11-22)18(26)16(15)13(14)5-7-23(17)12-3-1-2-4-12/h5-12H,1-4H2. The van der Waals surface area contributed by atoms with Gasteiger partial charge in [0.2, 0.25) is 0 Å². The van der Waals surface area contributed by atoms with Crippen molar-refractivity contribution >= 4 is 21.7 Å². The average Bonchev–Trinajstić information content (AvgIpc) is 3.36. The molecule has 1 fully saturated rings. The van der Waals surface area contributed by atoms with Gasteiger partial charge in [-0.05, 0) is 25.0 Å². The van der Waals surface area contributed by atoms with Crippen molar-refractivity contribution in [2.45, 2.75) is 31.7 Å². The molecule has 26 heavy (non-hydrogen) atoms. The van der Waals surface area contributed by atoms with E-state index in [4.69, 9.17) is 0 Å². The molecule has 0 N–H and O–H groups in total. The SMILES string of the molecule is O=c1c2cnc3ccn(-n4cnnc4)c(=O)c3c2ccn1C1CCCC1. The molecule has 8 nitrogen and oxygen atoms in total. The normalized spacial score (nSPS) is 15.2. The Kier molecular flexibility index (Phi) is 3.24. The number of pyridine rings is 3. The molecule has 0 aromatic carbocycles. The van der Waals surface area contributed by atoms with Crippen molar-refractivity contribution in [2.24, 2.45) is 0 Å². The summed E-state index contributed by atoms with van der Waals surface area (Å²) >= 11 is 0. The molecule has 4 aromatic rings. The van der Waals surface area contributed by atoms with Crippen molar-refractivity contribution in [3.8, 4) is 0 Å². The third-order valence-corrected chi connectivity index (χ3v) is 5.18. The molecular formula is C18H16N6O2. The quantitative estimate of drug-likeness (QED) is 0.515. The number of aromatic nitrogens is 6. The highest BCUT2D eigenvalue weighted by molar-refractivity contribution is 6.04. The van der Waals surface area contributed by atoms with Crippen LogP contribution in [0.15, 0.2) is 53.0 Å². The molecule has 4 heterocycles. The first-order valence-electron chi connectivity index (χ1n) is 8.64. The van der Waals surface area contributed by atoms with Gasteiger partial charge in [-0.15, -0.1) is 10.2 Å². The molecule has 1 saturated carbocycles. The van der Waals surface area contributed by atoms with Gasteiger partial charge in [-0.2, -0.15) is 0 Å². The molecule has 0 amide bonds. The highest BCUT2D eigenvalue weighted by atomic mass is 16.1. The van der Waals surface area contributed by atoms with Gasteiger partial charge >= 0.3 is 0 Å². The van der Waals surface area contributed by atoms with Gasteiger partial charge in [0, 0.05) is 30.0 Å². The molecule has 130 valence electrons. The molecular weight excluding hydrogens is 332 g/mol. The lowest BCUT2D eigenvalue weighted by Gasteiger charge is -2.14. The third-order valence-electron chi connectivity index (χ3n) is 5.18. The molecule has 4 aromatic heterocycles. The summed E-state index contributed by atoms with van der Waals surface area (Å²) < 4.78 is 4.68. The van der Waals surface area contributed by atoms with Crippen LogP contribution in [0.1, 0.15) is 31.7 Å². The number of hydrogen-bond acceptors (Lipinski definition) is 5. The van der Waals surface area contributed by atoms with Crippen LogP contribution < -0.4 is 11.1 Å². The molecule has 0 aliphatic heterocycles. The van der Waals surface area contributed by atoms with Gasteiger partial charge in [0.25, 0.3) is 11.1 Å². The summed E-state index contributed by atoms with van der Waals surface area (Å²) in [5.41, 5.74) is 0.214. The maximum atomic E-state index is 13.0. The van der Waals surface area contributed by atoms with E-state index in [1.807, 2.05) is 12.3 Å². The van der Waals surface area contributed by atoms with Gasteiger partial charge in [-0.1, -0.05) is 12.8 Å². The molecule has 0 spiro atoms. The van der Waals surface area contributed by atoms with Crippen LogP contribution in [0.25, 0.3) is 21.7 Å². The van der Waals surface area contributed by atoms with Gasteiger partial charge in [-0.25, -0.2) is 9.35 Å². The predicted octanol–water partition coefficient (Wildman–Crippen LogP) is 1.73. The van der Waals surface area contributed by atoms with E-state index in [1.165, 1.54) is 22.0 Å². The first kappa shape index (κ1) is 15.0. The van der Waals surface area contributed by atoms with E-state index in [0.717, 1.165) is 25.7 Å². The minimum Gasteiger partial charge on any atom is -0.312 e. The van der Waals surface area contributed by atoms with Crippen molar-refractivity contribution in [1.29, 1.82) is 0 Å². The second-order valence-corrected chi connectivity index (χ2v) is 6.62. The minimum absolute atomic E-state index is 0.0806. The predicted molar refractivity (Wildman–Crippen MR) is 96.1 cm³/mol. The lowest BCUT2D eigenvalue weighted by Crippen LogP contribution is -2.26. The van der Waals surface area contributed by atoms with E-state index in [-0.39, 0.29) is 17.2 Å². The molecule has 1 aliphatic carbocycles. The second kappa shape index (κ2) is 5.62. The summed E-state index contributed by atoms with van der Waals surface area (Å²) in [6, 6.07) is 3.85. The summed E-state index contributed by atoms with van der Waals surface area (Å²) in [5.74, 6) is 0. The van der Waals surface area contributed by atoms with Crippen LogP contribution in [-0.2, 0) is 0 Å². The number of fused-ring (bicyclic) bond motifs is 3. The van der Waals surface area contributed by atoms with Gasteiger partial charge < -0.3 is 4.57 Å². The first-order valence-corrected chi connectivity index (χ1v) is 8.64. The van der Waals surface area contributed by atoms with Gasteiger partial charge in [0.05, 0.1) is 16.3 Å². The monoisotopic (exact) mass is 348 g/mol. The van der Waals surface area contributed by atoms with Crippen LogP contribution in [0.4, 0.5) is 0 Å². The summed E-state index contributed by atoms with van der Waals surface area (Å²) in [6.07, 6.45) is 12.2. The van der Waals surface area contributed by atoms with Crippen molar-refractivity contribution in [2.75, 3.05) is 0 Å². The summed E-state index contributed by atoms with van der Waals surface area (Å²) in [7, 11) is 0. The lowest BCUT2D eigenvalue weighted by molar-refractivity contribution is 0.505. The zero-order valence-electron chi connectivity index (χ0n) is 13.9. The van der Waals surface area contributed by atoms with Gasteiger partial charge in [-0.3, -0.25) is 14.6 Å². The Hall–Kier alpha value is -3.29. The Labute approximate surface area is 147 Å². The van der Waals surface area contributed by atoms with Crippen LogP contribution >= 0.6 is 0 Å². The molecule has 0 saturated heterocycles. The summed E-state index contributed by atoms with van der Waals surface area (Å²) in [4.78, 5) is 30.4. The Morgan fingerprint density at radius 3 is 2.46 bits per heavy atom. The topological polar surface area (TPSA) is 87.6 Å². The smallest absolute Gasteiger partial charge is 0.279 e. The zero-order valence-corrected chi connectivity index (χ0v) is 13.9. The number of nitrogens with zero attached hydrogens (tertiary/aromatic N) is 6. The van der Waals surface area contributed by atoms with E-state index in [1.54, 1.807) is 23.0 Å². The molecule has 8 heteroatoms. The first-order chi connectivity index (χ1) is 12.7. The second-order valence-electron chi connectivity index (χ2n) is 6.62. The Morgan fingerprint density at radius 2 is 1.69 bits per heavy atom. The average molecular weight is 348 g/mol. The fourth-order valence-electron chi connectivity index (χ4n) is 3.88. The number of rotatable bonds is 2. The fraction of sp³-hybridized carbons (Fsp3) is 0.278. The van der Waals surface area contributed by atoms with E-state index in [0.29, 0.717) is 21.7 Å². The van der Waals surface area contributed by atoms with Crippen LogP contribution in [0, 0.1) is 0 Å². The fourth-order valence-corrected chi connectivity index (χ4v) is 3.88. The van der Waals surface area contributed by atoms with Crippen LogP contribution in [0.5, 0.6) is 0 Å². The highest BCUT2D eigenvalue weighted by Gasteiger charge is 2.19. The number of hydrogen-bond donors (Lipinski definition) is 0. The van der Waals surface area contributed by atoms with E-state index in [2.05, 4.69) is 15.2 Å². The highest BCUT2D eigenvalue weighted by Crippen LogP contribution is 2.29. The molecule has 5 rings (SSSR count). The van der Waals surface area contributed by atoms with E-state index >= 15 is 0 Å². The molecule has 0 bridgehead atoms. The maximum Gasteiger partial charge on any atom is 0.279 e. The van der Waals surface area contributed by atoms with Crippen molar-refractivity contribution in [3.05, 3.63) is 64.1 Å². The largest absolute Gasteiger partial charge is 0.312 e. The van der Waals surface area contributed by atoms with Crippen LogP contribution in [0.2, 0.25) is 0 Å². The molecule has 0 radical (unpaired) electrons. The Bertz CT molecular complexity index is 1230. The van der Waals surface area contributed by atoms with Gasteiger partial charge in [0.15, 0.2) is 0 Å². The lowest BCUT2D eigenvalue weighted by atomic mass is 10.1. The third kappa shape index (κ3) is 2.11. The maximum absolute atomic E-state index is 13.0.